The van der Waals surface area contributed by atoms with Crippen molar-refractivity contribution in [2.75, 3.05) is 6.54 Å². The summed E-state index contributed by atoms with van der Waals surface area (Å²) < 4.78 is 0. The van der Waals surface area contributed by atoms with Gasteiger partial charge in [-0.15, -0.1) is 10.2 Å². The maximum Gasteiger partial charge on any atom is 0.169 e. The Hall–Kier alpha value is -1.34. The van der Waals surface area contributed by atoms with Crippen LogP contribution >= 0.6 is 11.3 Å². The molecule has 17 heavy (non-hydrogen) atoms. The van der Waals surface area contributed by atoms with Crippen LogP contribution in [0.3, 0.4) is 0 Å². The van der Waals surface area contributed by atoms with Crippen molar-refractivity contribution in [1.29, 1.82) is 0 Å². The number of aromatic nitrogens is 5. The molecule has 0 fully saturated rings. The highest BCUT2D eigenvalue weighted by atomic mass is 32.1. The maximum atomic E-state index is 4.22. The summed E-state index contributed by atoms with van der Waals surface area (Å²) in [6.45, 7) is 5.29. The van der Waals surface area contributed by atoms with Crippen molar-refractivity contribution in [1.82, 2.24) is 30.9 Å². The van der Waals surface area contributed by atoms with Crippen molar-refractivity contribution in [3.8, 4) is 10.7 Å². The summed E-state index contributed by atoms with van der Waals surface area (Å²) in [7, 11) is 0. The smallest absolute Gasteiger partial charge is 0.169 e. The molecule has 6 nitrogen and oxygen atoms in total. The Kier molecular flexibility index (Phi) is 4.16. The zero-order chi connectivity index (χ0) is 12.1. The third kappa shape index (κ3) is 2.86. The second-order valence-corrected chi connectivity index (χ2v) is 4.72. The van der Waals surface area contributed by atoms with E-state index in [1.54, 1.807) is 17.5 Å². The van der Waals surface area contributed by atoms with Crippen LogP contribution in [0.1, 0.15) is 37.7 Å². The van der Waals surface area contributed by atoms with E-state index >= 15 is 0 Å². The molecule has 0 saturated carbocycles. The predicted octanol–water partition coefficient (Wildman–Crippen LogP) is 1.77. The van der Waals surface area contributed by atoms with Crippen molar-refractivity contribution in [2.24, 2.45) is 0 Å². The Balaban J connectivity index is 2.11. The summed E-state index contributed by atoms with van der Waals surface area (Å²) in [6.07, 6.45) is 3.78. The molecule has 0 saturated heterocycles. The first-order valence-corrected chi connectivity index (χ1v) is 6.59. The first-order valence-electron chi connectivity index (χ1n) is 5.78. The number of nitrogens with zero attached hydrogens (tertiary/aromatic N) is 4. The maximum absolute atomic E-state index is 4.22. The first kappa shape index (κ1) is 12.1. The molecule has 7 heteroatoms. The van der Waals surface area contributed by atoms with E-state index in [0.717, 1.165) is 35.1 Å². The van der Waals surface area contributed by atoms with Gasteiger partial charge in [-0.1, -0.05) is 25.2 Å². The molecule has 0 radical (unpaired) electrons. The SMILES string of the molecule is CCCNC(CC)c1nnc(-c2cn[nH]n2)s1. The largest absolute Gasteiger partial charge is 0.308 e. The van der Waals surface area contributed by atoms with Gasteiger partial charge in [0.1, 0.15) is 10.7 Å². The summed E-state index contributed by atoms with van der Waals surface area (Å²) in [5.41, 5.74) is 0.749. The highest BCUT2D eigenvalue weighted by Crippen LogP contribution is 2.26. The molecule has 1 unspecified atom stereocenters. The zero-order valence-corrected chi connectivity index (χ0v) is 10.8. The third-order valence-electron chi connectivity index (χ3n) is 2.42. The van der Waals surface area contributed by atoms with Crippen LogP contribution < -0.4 is 5.32 Å². The average Bonchev–Trinajstić information content (AvgIpc) is 3.00. The van der Waals surface area contributed by atoms with Crippen LogP contribution in [0.15, 0.2) is 6.20 Å². The number of hydrogen-bond acceptors (Lipinski definition) is 6. The second-order valence-electron chi connectivity index (χ2n) is 3.72. The summed E-state index contributed by atoms with van der Waals surface area (Å²) >= 11 is 1.57. The van der Waals surface area contributed by atoms with Gasteiger partial charge in [-0.3, -0.25) is 0 Å². The molecule has 2 aromatic heterocycles. The van der Waals surface area contributed by atoms with E-state index < -0.39 is 0 Å². The molecule has 2 aromatic rings. The molecule has 0 aromatic carbocycles. The molecule has 0 bridgehead atoms. The Labute approximate surface area is 104 Å². The fourth-order valence-electron chi connectivity index (χ4n) is 1.51. The van der Waals surface area contributed by atoms with Gasteiger partial charge in [0.05, 0.1) is 12.2 Å². The molecule has 0 amide bonds. The lowest BCUT2D eigenvalue weighted by Gasteiger charge is -2.12. The Morgan fingerprint density at radius 2 is 2.29 bits per heavy atom. The highest BCUT2D eigenvalue weighted by molar-refractivity contribution is 7.14. The van der Waals surface area contributed by atoms with Crippen LogP contribution in [0.2, 0.25) is 0 Å². The van der Waals surface area contributed by atoms with Crippen molar-refractivity contribution < 1.29 is 0 Å². The van der Waals surface area contributed by atoms with Crippen molar-refractivity contribution >= 4 is 11.3 Å². The summed E-state index contributed by atoms with van der Waals surface area (Å²) in [5, 5.41) is 24.0. The molecular weight excluding hydrogens is 236 g/mol. The van der Waals surface area contributed by atoms with E-state index in [4.69, 9.17) is 0 Å². The predicted molar refractivity (Wildman–Crippen MR) is 66.6 cm³/mol. The lowest BCUT2D eigenvalue weighted by atomic mass is 10.2. The molecular formula is C10H16N6S. The van der Waals surface area contributed by atoms with Gasteiger partial charge in [0.15, 0.2) is 5.01 Å². The number of H-pyrrole nitrogens is 1. The van der Waals surface area contributed by atoms with E-state index in [1.807, 2.05) is 0 Å². The molecule has 2 N–H and O–H groups in total. The quantitative estimate of drug-likeness (QED) is 0.819. The Bertz CT molecular complexity index is 437. The van der Waals surface area contributed by atoms with Crippen molar-refractivity contribution in [3.05, 3.63) is 11.2 Å². The van der Waals surface area contributed by atoms with Crippen LogP contribution in [0.4, 0.5) is 0 Å². The van der Waals surface area contributed by atoms with Crippen molar-refractivity contribution in [3.63, 3.8) is 0 Å². The zero-order valence-electron chi connectivity index (χ0n) is 9.97. The molecule has 2 heterocycles. The summed E-state index contributed by atoms with van der Waals surface area (Å²) in [6, 6.07) is 0.285. The summed E-state index contributed by atoms with van der Waals surface area (Å²) in [4.78, 5) is 0. The molecule has 2 rings (SSSR count). The van der Waals surface area contributed by atoms with E-state index in [-0.39, 0.29) is 6.04 Å². The molecule has 0 spiro atoms. The minimum Gasteiger partial charge on any atom is -0.308 e. The van der Waals surface area contributed by atoms with E-state index in [0.29, 0.717) is 0 Å². The van der Waals surface area contributed by atoms with Crippen LogP contribution in [-0.4, -0.2) is 32.2 Å². The van der Waals surface area contributed by atoms with Crippen LogP contribution in [0.5, 0.6) is 0 Å². The van der Waals surface area contributed by atoms with Gasteiger partial charge in [-0.25, -0.2) is 0 Å². The van der Waals surface area contributed by atoms with E-state index in [9.17, 15) is 0 Å². The van der Waals surface area contributed by atoms with Crippen LogP contribution in [0, 0.1) is 0 Å². The fourth-order valence-corrected chi connectivity index (χ4v) is 2.46. The minimum atomic E-state index is 0.285. The number of hydrogen-bond donors (Lipinski definition) is 2. The Morgan fingerprint density at radius 1 is 1.41 bits per heavy atom. The molecule has 1 atom stereocenters. The highest BCUT2D eigenvalue weighted by Gasteiger charge is 2.15. The van der Waals surface area contributed by atoms with Gasteiger partial charge < -0.3 is 5.32 Å². The van der Waals surface area contributed by atoms with Crippen LogP contribution in [-0.2, 0) is 0 Å². The van der Waals surface area contributed by atoms with Gasteiger partial charge in [0, 0.05) is 0 Å². The minimum absolute atomic E-state index is 0.285. The normalized spacial score (nSPS) is 12.8. The molecule has 0 aliphatic rings. The monoisotopic (exact) mass is 252 g/mol. The Morgan fingerprint density at radius 3 is 2.94 bits per heavy atom. The number of rotatable bonds is 6. The molecule has 92 valence electrons. The molecule has 0 aliphatic heterocycles. The van der Waals surface area contributed by atoms with Gasteiger partial charge >= 0.3 is 0 Å². The molecule has 0 aliphatic carbocycles. The van der Waals surface area contributed by atoms with Gasteiger partial charge in [0.25, 0.3) is 0 Å². The first-order chi connectivity index (χ1) is 8.35. The standard InChI is InChI=1S/C10H16N6S/c1-3-5-11-7(4-2)9-14-15-10(17-9)8-6-12-16-13-8/h6-7,11H,3-5H2,1-2H3,(H,12,13,16). The number of aromatic amines is 1. The lowest BCUT2D eigenvalue weighted by molar-refractivity contribution is 0.513. The third-order valence-corrected chi connectivity index (χ3v) is 3.48. The number of nitrogens with one attached hydrogen (secondary N) is 2. The van der Waals surface area contributed by atoms with Crippen molar-refractivity contribution in [2.45, 2.75) is 32.7 Å². The van der Waals surface area contributed by atoms with E-state index in [1.165, 1.54) is 0 Å². The fraction of sp³-hybridized carbons (Fsp3) is 0.600. The van der Waals surface area contributed by atoms with Gasteiger partial charge in [0.2, 0.25) is 0 Å². The van der Waals surface area contributed by atoms with Crippen LogP contribution in [0.25, 0.3) is 10.7 Å². The second kappa shape index (κ2) is 5.83. The van der Waals surface area contributed by atoms with Gasteiger partial charge in [-0.2, -0.15) is 15.4 Å². The topological polar surface area (TPSA) is 79.4 Å². The average molecular weight is 252 g/mol. The van der Waals surface area contributed by atoms with E-state index in [2.05, 4.69) is 44.8 Å². The lowest BCUT2D eigenvalue weighted by Crippen LogP contribution is -2.21. The summed E-state index contributed by atoms with van der Waals surface area (Å²) in [5.74, 6) is 0. The van der Waals surface area contributed by atoms with Gasteiger partial charge in [-0.05, 0) is 19.4 Å².